The fourth-order valence-corrected chi connectivity index (χ4v) is 3.28. The van der Waals surface area contributed by atoms with Crippen LogP contribution in [0.3, 0.4) is 0 Å². The summed E-state index contributed by atoms with van der Waals surface area (Å²) in [5.41, 5.74) is 2.24. The number of ether oxygens (including phenoxy) is 1. The monoisotopic (exact) mass is 418 g/mol. The topological polar surface area (TPSA) is 61.8 Å². The van der Waals surface area contributed by atoms with E-state index in [1.165, 1.54) is 5.56 Å². The van der Waals surface area contributed by atoms with E-state index in [1.54, 1.807) is 12.1 Å². The Kier molecular flexibility index (Phi) is 8.49. The molecule has 5 heteroatoms. The Hall–Kier alpha value is -3.31. The zero-order chi connectivity index (χ0) is 21.9. The van der Waals surface area contributed by atoms with Crippen molar-refractivity contribution >= 4 is 5.91 Å². The number of hydrogen-bond acceptors (Lipinski definition) is 4. The smallest absolute Gasteiger partial charge is 0.222 e. The van der Waals surface area contributed by atoms with Crippen molar-refractivity contribution in [2.45, 2.75) is 19.8 Å². The molecule has 1 aliphatic heterocycles. The van der Waals surface area contributed by atoms with E-state index in [9.17, 15) is 4.79 Å². The highest BCUT2D eigenvalue weighted by atomic mass is 16.5. The standard InChI is InChI=1S/C19H22N2O2.C7H8O/c22-19(21-14-12-20-13-15-21)11-10-16-6-4-5-9-18(16)23-17-7-2-1-3-8-17;1-6-2-4-7(8)5-3-6/h1-9,20H,10-15H2;2-5,8H,1H3. The van der Waals surface area contributed by atoms with Gasteiger partial charge in [0.15, 0.2) is 0 Å². The minimum atomic E-state index is 0.223. The molecule has 0 bridgehead atoms. The number of hydrogen-bond donors (Lipinski definition) is 2. The van der Waals surface area contributed by atoms with Crippen LogP contribution in [-0.2, 0) is 11.2 Å². The predicted molar refractivity (Wildman–Crippen MR) is 124 cm³/mol. The largest absolute Gasteiger partial charge is 0.508 e. The highest BCUT2D eigenvalue weighted by molar-refractivity contribution is 5.76. The normalized spacial score (nSPS) is 13.1. The number of amides is 1. The molecule has 0 aromatic heterocycles. The van der Waals surface area contributed by atoms with Crippen molar-refractivity contribution in [2.75, 3.05) is 26.2 Å². The first kappa shape index (κ1) is 22.4. The van der Waals surface area contributed by atoms with Crippen LogP contribution in [0.2, 0.25) is 0 Å². The summed E-state index contributed by atoms with van der Waals surface area (Å²) in [6, 6.07) is 24.8. The lowest BCUT2D eigenvalue weighted by Crippen LogP contribution is -2.46. The molecule has 4 rings (SSSR count). The van der Waals surface area contributed by atoms with Gasteiger partial charge in [0.2, 0.25) is 5.91 Å². The fourth-order valence-electron chi connectivity index (χ4n) is 3.28. The van der Waals surface area contributed by atoms with Gasteiger partial charge in [0.25, 0.3) is 0 Å². The molecule has 0 spiro atoms. The maximum absolute atomic E-state index is 12.3. The van der Waals surface area contributed by atoms with Gasteiger partial charge in [0.05, 0.1) is 0 Å². The van der Waals surface area contributed by atoms with Gasteiger partial charge in [-0.1, -0.05) is 54.1 Å². The van der Waals surface area contributed by atoms with E-state index in [2.05, 4.69) is 5.32 Å². The van der Waals surface area contributed by atoms with E-state index in [4.69, 9.17) is 9.84 Å². The van der Waals surface area contributed by atoms with Crippen LogP contribution in [-0.4, -0.2) is 42.1 Å². The van der Waals surface area contributed by atoms with Crippen LogP contribution in [0.1, 0.15) is 17.5 Å². The number of carbonyl (C=O) groups is 1. The summed E-state index contributed by atoms with van der Waals surface area (Å²) >= 11 is 0. The van der Waals surface area contributed by atoms with Crippen LogP contribution in [0.25, 0.3) is 0 Å². The van der Waals surface area contributed by atoms with Crippen molar-refractivity contribution in [1.29, 1.82) is 0 Å². The first-order valence-electron chi connectivity index (χ1n) is 10.7. The minimum Gasteiger partial charge on any atom is -0.508 e. The Morgan fingerprint density at radius 2 is 1.58 bits per heavy atom. The summed E-state index contributed by atoms with van der Waals surface area (Å²) in [6.07, 6.45) is 1.22. The Bertz CT molecular complexity index is 915. The van der Waals surface area contributed by atoms with Crippen LogP contribution in [0.5, 0.6) is 17.2 Å². The predicted octanol–water partition coefficient (Wildman–Crippen LogP) is 4.54. The van der Waals surface area contributed by atoms with Crippen molar-refractivity contribution in [1.82, 2.24) is 10.2 Å². The summed E-state index contributed by atoms with van der Waals surface area (Å²) in [5.74, 6) is 2.19. The fraction of sp³-hybridized carbons (Fsp3) is 0.269. The van der Waals surface area contributed by atoms with Crippen LogP contribution < -0.4 is 10.1 Å². The molecular weight excluding hydrogens is 388 g/mol. The molecule has 0 radical (unpaired) electrons. The van der Waals surface area contributed by atoms with Crippen molar-refractivity contribution in [3.63, 3.8) is 0 Å². The maximum atomic E-state index is 12.3. The molecule has 31 heavy (non-hydrogen) atoms. The van der Waals surface area contributed by atoms with E-state index >= 15 is 0 Å². The Morgan fingerprint density at radius 1 is 0.935 bits per heavy atom. The molecule has 1 aliphatic rings. The second-order valence-corrected chi connectivity index (χ2v) is 7.49. The number of carbonyl (C=O) groups excluding carboxylic acids is 1. The molecule has 162 valence electrons. The lowest BCUT2D eigenvalue weighted by molar-refractivity contribution is -0.131. The third kappa shape index (κ3) is 7.46. The van der Waals surface area contributed by atoms with Crippen LogP contribution in [0.4, 0.5) is 0 Å². The van der Waals surface area contributed by atoms with Gasteiger partial charge in [0, 0.05) is 32.6 Å². The third-order valence-electron chi connectivity index (χ3n) is 5.06. The number of rotatable bonds is 5. The average molecular weight is 419 g/mol. The highest BCUT2D eigenvalue weighted by Crippen LogP contribution is 2.26. The molecule has 0 saturated carbocycles. The highest BCUT2D eigenvalue weighted by Gasteiger charge is 2.16. The minimum absolute atomic E-state index is 0.223. The van der Waals surface area contributed by atoms with Crippen LogP contribution >= 0.6 is 0 Å². The molecule has 0 atom stereocenters. The first-order valence-corrected chi connectivity index (χ1v) is 10.7. The molecule has 2 N–H and O–H groups in total. The van der Waals surface area contributed by atoms with E-state index in [0.717, 1.165) is 43.2 Å². The summed E-state index contributed by atoms with van der Waals surface area (Å²) in [6.45, 7) is 5.38. The number of benzene rings is 3. The van der Waals surface area contributed by atoms with Gasteiger partial charge < -0.3 is 20.1 Å². The van der Waals surface area contributed by atoms with Crippen molar-refractivity contribution < 1.29 is 14.6 Å². The number of nitrogens with one attached hydrogen (secondary N) is 1. The number of phenols is 1. The number of piperazine rings is 1. The summed E-state index contributed by atoms with van der Waals surface area (Å²) in [7, 11) is 0. The van der Waals surface area contributed by atoms with Gasteiger partial charge in [-0.15, -0.1) is 0 Å². The number of phenolic OH excluding ortho intramolecular Hbond substituents is 1. The molecule has 1 amide bonds. The quantitative estimate of drug-likeness (QED) is 0.638. The second kappa shape index (κ2) is 11.8. The Balaban J connectivity index is 0.000000287. The molecule has 1 heterocycles. The third-order valence-corrected chi connectivity index (χ3v) is 5.06. The molecule has 0 unspecified atom stereocenters. The lowest BCUT2D eigenvalue weighted by atomic mass is 10.1. The molecule has 5 nitrogen and oxygen atoms in total. The lowest BCUT2D eigenvalue weighted by Gasteiger charge is -2.27. The van der Waals surface area contributed by atoms with Crippen molar-refractivity contribution in [3.05, 3.63) is 90.0 Å². The van der Waals surface area contributed by atoms with Crippen molar-refractivity contribution in [3.8, 4) is 17.2 Å². The van der Waals surface area contributed by atoms with Gasteiger partial charge in [-0.25, -0.2) is 0 Å². The summed E-state index contributed by atoms with van der Waals surface area (Å²) in [4.78, 5) is 14.2. The molecule has 3 aromatic carbocycles. The first-order chi connectivity index (χ1) is 15.1. The number of nitrogens with zero attached hydrogens (tertiary/aromatic N) is 1. The van der Waals surface area contributed by atoms with Gasteiger partial charge in [-0.3, -0.25) is 4.79 Å². The molecular formula is C26H30N2O3. The number of aromatic hydroxyl groups is 1. The summed E-state index contributed by atoms with van der Waals surface area (Å²) in [5, 5.41) is 12.0. The van der Waals surface area contributed by atoms with Gasteiger partial charge in [-0.2, -0.15) is 0 Å². The maximum Gasteiger partial charge on any atom is 0.222 e. The van der Waals surface area contributed by atoms with E-state index in [0.29, 0.717) is 18.6 Å². The zero-order valence-corrected chi connectivity index (χ0v) is 18.0. The zero-order valence-electron chi connectivity index (χ0n) is 18.0. The average Bonchev–Trinajstić information content (AvgIpc) is 2.82. The Labute approximate surface area is 184 Å². The summed E-state index contributed by atoms with van der Waals surface area (Å²) < 4.78 is 5.95. The van der Waals surface area contributed by atoms with Crippen LogP contribution in [0.15, 0.2) is 78.9 Å². The molecule has 3 aromatic rings. The molecule has 0 aliphatic carbocycles. The SMILES string of the molecule is Cc1ccc(O)cc1.O=C(CCc1ccccc1Oc1ccccc1)N1CCNCC1. The molecule has 1 fully saturated rings. The van der Waals surface area contributed by atoms with E-state index in [1.807, 2.05) is 78.6 Å². The number of aryl methyl sites for hydroxylation is 2. The van der Waals surface area contributed by atoms with E-state index in [-0.39, 0.29) is 5.91 Å². The van der Waals surface area contributed by atoms with Gasteiger partial charge in [-0.05, 0) is 49.2 Å². The van der Waals surface area contributed by atoms with Crippen LogP contribution in [0, 0.1) is 6.92 Å². The van der Waals surface area contributed by atoms with E-state index < -0.39 is 0 Å². The number of para-hydroxylation sites is 2. The Morgan fingerprint density at radius 3 is 2.26 bits per heavy atom. The molecule has 1 saturated heterocycles. The van der Waals surface area contributed by atoms with Gasteiger partial charge >= 0.3 is 0 Å². The van der Waals surface area contributed by atoms with Gasteiger partial charge in [0.1, 0.15) is 17.2 Å². The van der Waals surface area contributed by atoms with Crippen molar-refractivity contribution in [2.24, 2.45) is 0 Å². The second-order valence-electron chi connectivity index (χ2n) is 7.49.